The highest BCUT2D eigenvalue weighted by molar-refractivity contribution is 7.92. The summed E-state index contributed by atoms with van der Waals surface area (Å²) in [5.41, 5.74) is 2.44. The lowest BCUT2D eigenvalue weighted by Gasteiger charge is -2.34. The smallest absolute Gasteiger partial charge is 0.264 e. The van der Waals surface area contributed by atoms with Crippen molar-refractivity contribution in [3.05, 3.63) is 129 Å². The van der Waals surface area contributed by atoms with Crippen molar-refractivity contribution in [1.29, 1.82) is 0 Å². The molecule has 1 unspecified atom stereocenters. The van der Waals surface area contributed by atoms with Gasteiger partial charge in [0.15, 0.2) is 0 Å². The Morgan fingerprint density at radius 1 is 0.822 bits per heavy atom. The van der Waals surface area contributed by atoms with E-state index in [1.807, 2.05) is 51.1 Å². The molecule has 7 nitrogen and oxygen atoms in total. The molecule has 0 aliphatic rings. The summed E-state index contributed by atoms with van der Waals surface area (Å²) < 4.78 is 29.2. The summed E-state index contributed by atoms with van der Waals surface area (Å²) >= 11 is 19.0. The van der Waals surface area contributed by atoms with Crippen LogP contribution in [0, 0.1) is 6.92 Å². The van der Waals surface area contributed by atoms with E-state index in [-0.39, 0.29) is 35.5 Å². The van der Waals surface area contributed by atoms with Crippen LogP contribution in [0.5, 0.6) is 0 Å². The van der Waals surface area contributed by atoms with Crippen LogP contribution in [0.3, 0.4) is 0 Å². The first kappa shape index (κ1) is 34.3. The van der Waals surface area contributed by atoms with Crippen molar-refractivity contribution >= 4 is 62.3 Å². The lowest BCUT2D eigenvalue weighted by atomic mass is 10.0. The second kappa shape index (κ2) is 15.1. The van der Waals surface area contributed by atoms with Gasteiger partial charge in [-0.2, -0.15) is 0 Å². The Hall–Kier alpha value is -3.56. The molecule has 0 radical (unpaired) electrons. The molecule has 0 saturated carbocycles. The summed E-state index contributed by atoms with van der Waals surface area (Å²) in [6.45, 7) is 4.82. The quantitative estimate of drug-likeness (QED) is 0.169. The molecule has 2 amide bonds. The fourth-order valence-electron chi connectivity index (χ4n) is 4.77. The third-order valence-corrected chi connectivity index (χ3v) is 9.65. The number of aryl methyl sites for hydroxylation is 1. The zero-order chi connectivity index (χ0) is 32.7. The van der Waals surface area contributed by atoms with Crippen molar-refractivity contribution in [2.75, 3.05) is 10.8 Å². The first-order chi connectivity index (χ1) is 21.3. The topological polar surface area (TPSA) is 86.8 Å². The van der Waals surface area contributed by atoms with Crippen LogP contribution >= 0.6 is 34.8 Å². The molecule has 1 N–H and O–H groups in total. The molecule has 4 aromatic rings. The average molecular weight is 687 g/mol. The van der Waals surface area contributed by atoms with Gasteiger partial charge in [0.1, 0.15) is 12.6 Å². The van der Waals surface area contributed by atoms with Gasteiger partial charge in [-0.25, -0.2) is 8.42 Å². The van der Waals surface area contributed by atoms with Gasteiger partial charge in [0.25, 0.3) is 10.0 Å². The van der Waals surface area contributed by atoms with Crippen LogP contribution in [0.2, 0.25) is 15.1 Å². The van der Waals surface area contributed by atoms with Crippen molar-refractivity contribution in [3.63, 3.8) is 0 Å². The zero-order valence-corrected chi connectivity index (χ0v) is 28.2. The molecule has 0 aliphatic carbocycles. The van der Waals surface area contributed by atoms with Crippen LogP contribution < -0.4 is 9.62 Å². The number of nitrogens with one attached hydrogen (secondary N) is 1. The third kappa shape index (κ3) is 9.01. The van der Waals surface area contributed by atoms with Gasteiger partial charge in [-0.05, 0) is 74.4 Å². The number of rotatable bonds is 12. The van der Waals surface area contributed by atoms with Crippen LogP contribution in [0.15, 0.2) is 102 Å². The summed E-state index contributed by atoms with van der Waals surface area (Å²) in [7, 11) is -4.24. The number of halogens is 3. The monoisotopic (exact) mass is 685 g/mol. The van der Waals surface area contributed by atoms with Crippen molar-refractivity contribution in [1.82, 2.24) is 10.2 Å². The van der Waals surface area contributed by atoms with Gasteiger partial charge in [-0.15, -0.1) is 0 Å². The van der Waals surface area contributed by atoms with E-state index in [2.05, 4.69) is 5.32 Å². The van der Waals surface area contributed by atoms with E-state index in [0.717, 1.165) is 15.4 Å². The van der Waals surface area contributed by atoms with Gasteiger partial charge in [0.2, 0.25) is 11.8 Å². The Morgan fingerprint density at radius 3 is 2.11 bits per heavy atom. The molecule has 4 rings (SSSR count). The normalized spacial score (nSPS) is 12.1. The number of amides is 2. The number of nitrogens with zero attached hydrogens (tertiary/aromatic N) is 2. The molecule has 11 heteroatoms. The molecule has 1 atom stereocenters. The van der Waals surface area contributed by atoms with Crippen molar-refractivity contribution in [2.24, 2.45) is 0 Å². The lowest BCUT2D eigenvalue weighted by Crippen LogP contribution is -2.54. The maximum Gasteiger partial charge on any atom is 0.264 e. The van der Waals surface area contributed by atoms with Crippen LogP contribution in [0.1, 0.15) is 30.5 Å². The first-order valence-corrected chi connectivity index (χ1v) is 16.8. The fraction of sp³-hybridized carbons (Fsp3) is 0.235. The van der Waals surface area contributed by atoms with Gasteiger partial charge >= 0.3 is 0 Å². The Labute approximate surface area is 279 Å². The molecule has 236 valence electrons. The Kier molecular flexibility index (Phi) is 11.6. The van der Waals surface area contributed by atoms with Gasteiger partial charge in [0, 0.05) is 34.1 Å². The molecular weight excluding hydrogens is 653 g/mol. The minimum atomic E-state index is -4.24. The van der Waals surface area contributed by atoms with Gasteiger partial charge in [-0.1, -0.05) is 95.0 Å². The lowest BCUT2D eigenvalue weighted by molar-refractivity contribution is -0.140. The van der Waals surface area contributed by atoms with E-state index in [0.29, 0.717) is 20.6 Å². The number of sulfonamides is 1. The van der Waals surface area contributed by atoms with E-state index >= 15 is 0 Å². The van der Waals surface area contributed by atoms with Gasteiger partial charge in [-0.3, -0.25) is 13.9 Å². The van der Waals surface area contributed by atoms with Crippen molar-refractivity contribution < 1.29 is 18.0 Å². The van der Waals surface area contributed by atoms with Crippen LogP contribution in [-0.4, -0.2) is 43.8 Å². The SMILES string of the molecule is Cc1ccc(S(=O)(=O)N(CC(=O)N(Cc2ccc(Cl)cc2Cl)C(Cc2ccccc2)C(=O)NC(C)C)c2cccc(Cl)c2)cc1. The molecule has 0 heterocycles. The van der Waals surface area contributed by atoms with E-state index < -0.39 is 28.5 Å². The van der Waals surface area contributed by atoms with Crippen molar-refractivity contribution in [3.8, 4) is 0 Å². The number of carbonyl (C=O) groups is 2. The maximum atomic E-state index is 14.5. The van der Waals surface area contributed by atoms with Gasteiger partial charge < -0.3 is 10.2 Å². The standard InChI is InChI=1S/C34H34Cl3N3O4S/c1-23(2)38-34(42)32(18-25-8-5-4-6-9-25)39(21-26-14-15-28(36)20-31(26)37)33(41)22-40(29-11-7-10-27(35)19-29)45(43,44)30-16-12-24(3)13-17-30/h4-17,19-20,23,32H,18,21-22H2,1-3H3,(H,38,42). The number of hydrogen-bond acceptors (Lipinski definition) is 4. The molecule has 4 aromatic carbocycles. The number of anilines is 1. The molecule has 0 saturated heterocycles. The highest BCUT2D eigenvalue weighted by atomic mass is 35.5. The summed E-state index contributed by atoms with van der Waals surface area (Å²) in [6, 6.07) is 25.6. The Bertz CT molecular complexity index is 1750. The van der Waals surface area contributed by atoms with E-state index in [1.54, 1.807) is 48.5 Å². The molecule has 0 aliphatic heterocycles. The van der Waals surface area contributed by atoms with Gasteiger partial charge in [0.05, 0.1) is 10.6 Å². The molecule has 0 bridgehead atoms. The number of benzene rings is 4. The second-order valence-electron chi connectivity index (χ2n) is 10.9. The van der Waals surface area contributed by atoms with Crippen LogP contribution in [-0.2, 0) is 32.6 Å². The summed E-state index contributed by atoms with van der Waals surface area (Å²) in [5.74, 6) is -1.00. The number of carbonyl (C=O) groups excluding carboxylic acids is 2. The van der Waals surface area contributed by atoms with E-state index in [4.69, 9.17) is 34.8 Å². The highest BCUT2D eigenvalue weighted by Gasteiger charge is 2.35. The average Bonchev–Trinajstić information content (AvgIpc) is 2.98. The minimum absolute atomic E-state index is 0.00607. The largest absolute Gasteiger partial charge is 0.352 e. The molecule has 45 heavy (non-hydrogen) atoms. The molecule has 0 fully saturated rings. The number of hydrogen-bond donors (Lipinski definition) is 1. The predicted molar refractivity (Wildman–Crippen MR) is 181 cm³/mol. The molecule has 0 spiro atoms. The predicted octanol–water partition coefficient (Wildman–Crippen LogP) is 7.32. The maximum absolute atomic E-state index is 14.5. The van der Waals surface area contributed by atoms with Crippen LogP contribution in [0.4, 0.5) is 5.69 Å². The summed E-state index contributed by atoms with van der Waals surface area (Å²) in [5, 5.41) is 3.94. The summed E-state index contributed by atoms with van der Waals surface area (Å²) in [6.07, 6.45) is 0.179. The zero-order valence-electron chi connectivity index (χ0n) is 25.1. The highest BCUT2D eigenvalue weighted by Crippen LogP contribution is 2.28. The second-order valence-corrected chi connectivity index (χ2v) is 14.1. The summed E-state index contributed by atoms with van der Waals surface area (Å²) in [4.78, 5) is 29.6. The van der Waals surface area contributed by atoms with E-state index in [1.165, 1.54) is 23.1 Å². The van der Waals surface area contributed by atoms with Crippen molar-refractivity contribution in [2.45, 2.75) is 50.7 Å². The molecular formula is C34H34Cl3N3O4S. The first-order valence-electron chi connectivity index (χ1n) is 14.3. The Morgan fingerprint density at radius 2 is 1.49 bits per heavy atom. The Balaban J connectivity index is 1.83. The van der Waals surface area contributed by atoms with E-state index in [9.17, 15) is 18.0 Å². The fourth-order valence-corrected chi connectivity index (χ4v) is 6.82. The van der Waals surface area contributed by atoms with Crippen LogP contribution in [0.25, 0.3) is 0 Å². The third-order valence-electron chi connectivity index (χ3n) is 7.04. The molecule has 0 aromatic heterocycles. The minimum Gasteiger partial charge on any atom is -0.352 e.